The summed E-state index contributed by atoms with van der Waals surface area (Å²) in [6, 6.07) is 8.76. The Kier molecular flexibility index (Phi) is 7.08. The number of benzene rings is 1. The fourth-order valence-electron chi connectivity index (χ4n) is 1.13. The maximum atomic E-state index is 2.23. The van der Waals surface area contributed by atoms with Gasteiger partial charge >= 0.3 is 0 Å². The summed E-state index contributed by atoms with van der Waals surface area (Å²) in [6.07, 6.45) is 0. The summed E-state index contributed by atoms with van der Waals surface area (Å²) in [5.41, 5.74) is 2.71. The van der Waals surface area contributed by atoms with Crippen molar-refractivity contribution in [1.29, 1.82) is 0 Å². The maximum absolute atomic E-state index is 2.23. The van der Waals surface area contributed by atoms with Gasteiger partial charge in [-0.1, -0.05) is 17.7 Å². The van der Waals surface area contributed by atoms with Crippen molar-refractivity contribution >= 4 is 5.69 Å². The SMILES string of the molecule is CC[N+](C)(C)c1ccc(C)cc1.N.[Br-]. The zero-order chi connectivity index (χ0) is 9.19. The zero-order valence-corrected chi connectivity index (χ0v) is 11.1. The molecule has 0 aliphatic heterocycles. The fraction of sp³-hybridized carbons (Fsp3) is 0.455. The molecule has 0 amide bonds. The third-order valence-electron chi connectivity index (χ3n) is 2.52. The van der Waals surface area contributed by atoms with Crippen LogP contribution >= 0.6 is 0 Å². The van der Waals surface area contributed by atoms with E-state index >= 15 is 0 Å². The minimum atomic E-state index is 0. The average Bonchev–Trinajstić information content (AvgIpc) is 2.05. The van der Waals surface area contributed by atoms with Crippen LogP contribution in [0.3, 0.4) is 0 Å². The summed E-state index contributed by atoms with van der Waals surface area (Å²) in [5.74, 6) is 0. The molecule has 0 unspecified atom stereocenters. The number of quaternary nitrogens is 1. The van der Waals surface area contributed by atoms with Gasteiger partial charge in [0.2, 0.25) is 0 Å². The van der Waals surface area contributed by atoms with Crippen molar-refractivity contribution in [3.63, 3.8) is 0 Å². The van der Waals surface area contributed by atoms with E-state index in [0.29, 0.717) is 0 Å². The number of halogens is 1. The standard InChI is InChI=1S/C11H18N.BrH.H3N/c1-5-12(3,4)11-8-6-10(2)7-9-11;;/h6-9H,5H2,1-4H3;1H;1H3/q+1;;/p-1. The Morgan fingerprint density at radius 1 is 1.07 bits per heavy atom. The Balaban J connectivity index is 0. The molecule has 0 saturated carbocycles. The van der Waals surface area contributed by atoms with Crippen LogP contribution in [0.4, 0.5) is 5.69 Å². The summed E-state index contributed by atoms with van der Waals surface area (Å²) in [7, 11) is 4.45. The summed E-state index contributed by atoms with van der Waals surface area (Å²) in [6.45, 7) is 5.46. The van der Waals surface area contributed by atoms with Crippen LogP contribution in [0.1, 0.15) is 12.5 Å². The molecular weight excluding hydrogens is 240 g/mol. The van der Waals surface area contributed by atoms with Gasteiger partial charge < -0.3 is 23.1 Å². The zero-order valence-electron chi connectivity index (χ0n) is 9.55. The highest BCUT2D eigenvalue weighted by atomic mass is 79.9. The molecular formula is C11H21BrN2. The van der Waals surface area contributed by atoms with E-state index in [1.54, 1.807) is 0 Å². The predicted octanol–water partition coefficient (Wildman–Crippen LogP) is -0.252. The summed E-state index contributed by atoms with van der Waals surface area (Å²) >= 11 is 0. The van der Waals surface area contributed by atoms with Crippen LogP contribution in [0, 0.1) is 6.92 Å². The number of nitrogens with zero attached hydrogens (tertiary/aromatic N) is 1. The van der Waals surface area contributed by atoms with Crippen LogP contribution in [-0.4, -0.2) is 20.6 Å². The Hall–Kier alpha value is -0.380. The highest BCUT2D eigenvalue weighted by molar-refractivity contribution is 5.42. The molecule has 14 heavy (non-hydrogen) atoms. The first-order valence-corrected chi connectivity index (χ1v) is 4.46. The second-order valence-corrected chi connectivity index (χ2v) is 3.84. The molecule has 82 valence electrons. The summed E-state index contributed by atoms with van der Waals surface area (Å²) in [4.78, 5) is 0. The molecule has 2 nitrogen and oxygen atoms in total. The van der Waals surface area contributed by atoms with Gasteiger partial charge in [0, 0.05) is 0 Å². The minimum absolute atomic E-state index is 0. The van der Waals surface area contributed by atoms with E-state index < -0.39 is 0 Å². The molecule has 0 heterocycles. The number of rotatable bonds is 2. The Morgan fingerprint density at radius 3 is 1.86 bits per heavy atom. The largest absolute Gasteiger partial charge is 1.00 e. The van der Waals surface area contributed by atoms with Crippen LogP contribution in [-0.2, 0) is 0 Å². The van der Waals surface area contributed by atoms with E-state index in [9.17, 15) is 0 Å². The van der Waals surface area contributed by atoms with Crippen LogP contribution in [0.5, 0.6) is 0 Å². The number of hydrogen-bond donors (Lipinski definition) is 1. The molecule has 0 aliphatic carbocycles. The second-order valence-electron chi connectivity index (χ2n) is 3.84. The lowest BCUT2D eigenvalue weighted by Crippen LogP contribution is -3.00. The van der Waals surface area contributed by atoms with Crippen LogP contribution < -0.4 is 27.6 Å². The Morgan fingerprint density at radius 2 is 1.50 bits per heavy atom. The molecule has 0 aromatic heterocycles. The van der Waals surface area contributed by atoms with Gasteiger partial charge in [0.25, 0.3) is 0 Å². The minimum Gasteiger partial charge on any atom is -1.00 e. The summed E-state index contributed by atoms with van der Waals surface area (Å²) < 4.78 is 0.959. The molecule has 1 aromatic carbocycles. The monoisotopic (exact) mass is 260 g/mol. The molecule has 0 saturated heterocycles. The lowest BCUT2D eigenvalue weighted by atomic mass is 10.2. The smallest absolute Gasteiger partial charge is 0.132 e. The van der Waals surface area contributed by atoms with Crippen molar-refractivity contribution in [3.05, 3.63) is 29.8 Å². The molecule has 0 radical (unpaired) electrons. The highest BCUT2D eigenvalue weighted by Crippen LogP contribution is 2.18. The normalized spacial score (nSPS) is 10.0. The van der Waals surface area contributed by atoms with Crippen molar-refractivity contribution in [1.82, 2.24) is 10.6 Å². The lowest BCUT2D eigenvalue weighted by Gasteiger charge is -2.27. The fourth-order valence-corrected chi connectivity index (χ4v) is 1.13. The first-order valence-electron chi connectivity index (χ1n) is 4.46. The van der Waals surface area contributed by atoms with Gasteiger partial charge in [-0.2, -0.15) is 0 Å². The van der Waals surface area contributed by atoms with E-state index in [1.165, 1.54) is 11.3 Å². The Labute approximate surface area is 97.9 Å². The van der Waals surface area contributed by atoms with E-state index in [0.717, 1.165) is 11.0 Å². The average molecular weight is 261 g/mol. The van der Waals surface area contributed by atoms with Gasteiger partial charge in [-0.25, -0.2) is 0 Å². The van der Waals surface area contributed by atoms with Crippen molar-refractivity contribution < 1.29 is 17.0 Å². The Bertz CT molecular complexity index is 254. The molecule has 0 aliphatic rings. The van der Waals surface area contributed by atoms with Crippen LogP contribution in [0.2, 0.25) is 0 Å². The molecule has 0 bridgehead atoms. The third kappa shape index (κ3) is 3.78. The van der Waals surface area contributed by atoms with Gasteiger partial charge in [0.15, 0.2) is 0 Å². The number of aryl methyl sites for hydroxylation is 1. The molecule has 3 heteroatoms. The molecule has 1 rings (SSSR count). The van der Waals surface area contributed by atoms with Gasteiger partial charge in [0.1, 0.15) is 5.69 Å². The molecule has 3 N–H and O–H groups in total. The van der Waals surface area contributed by atoms with Crippen LogP contribution in [0.15, 0.2) is 24.3 Å². The van der Waals surface area contributed by atoms with Gasteiger partial charge in [0.05, 0.1) is 20.6 Å². The van der Waals surface area contributed by atoms with Crippen molar-refractivity contribution in [2.45, 2.75) is 13.8 Å². The second kappa shape index (κ2) is 6.17. The first-order chi connectivity index (χ1) is 5.56. The summed E-state index contributed by atoms with van der Waals surface area (Å²) in [5, 5.41) is 0. The highest BCUT2D eigenvalue weighted by Gasteiger charge is 2.14. The van der Waals surface area contributed by atoms with E-state index in [-0.39, 0.29) is 23.1 Å². The van der Waals surface area contributed by atoms with E-state index in [2.05, 4.69) is 52.2 Å². The van der Waals surface area contributed by atoms with Crippen molar-refractivity contribution in [2.24, 2.45) is 0 Å². The van der Waals surface area contributed by atoms with Gasteiger partial charge in [-0.05, 0) is 26.0 Å². The molecule has 0 spiro atoms. The maximum Gasteiger partial charge on any atom is 0.132 e. The van der Waals surface area contributed by atoms with Gasteiger partial charge in [-0.15, -0.1) is 0 Å². The van der Waals surface area contributed by atoms with E-state index in [4.69, 9.17) is 0 Å². The molecule has 0 fully saturated rings. The van der Waals surface area contributed by atoms with Crippen molar-refractivity contribution in [2.75, 3.05) is 20.6 Å². The molecule has 0 atom stereocenters. The van der Waals surface area contributed by atoms with Crippen molar-refractivity contribution in [3.8, 4) is 0 Å². The van der Waals surface area contributed by atoms with Gasteiger partial charge in [-0.3, -0.25) is 4.48 Å². The quantitative estimate of drug-likeness (QED) is 0.732. The predicted molar refractivity (Wildman–Crippen MR) is 60.4 cm³/mol. The first kappa shape index (κ1) is 16.1. The molecule has 1 aromatic rings. The lowest BCUT2D eigenvalue weighted by molar-refractivity contribution is -0.00000325. The van der Waals surface area contributed by atoms with Crippen LogP contribution in [0.25, 0.3) is 0 Å². The topological polar surface area (TPSA) is 35.0 Å². The van der Waals surface area contributed by atoms with E-state index in [1.807, 2.05) is 0 Å². The number of hydrogen-bond acceptors (Lipinski definition) is 1. The third-order valence-corrected chi connectivity index (χ3v) is 2.52.